The summed E-state index contributed by atoms with van der Waals surface area (Å²) in [6.07, 6.45) is 6.92. The third-order valence-electron chi connectivity index (χ3n) is 1.67. The molecule has 5 heteroatoms. The van der Waals surface area contributed by atoms with Gasteiger partial charge in [-0.1, -0.05) is 19.1 Å². The van der Waals surface area contributed by atoms with Crippen LogP contribution in [0.3, 0.4) is 0 Å². The van der Waals surface area contributed by atoms with Gasteiger partial charge in [0.1, 0.15) is 6.61 Å². The second-order valence-corrected chi connectivity index (χ2v) is 2.78. The molecule has 0 saturated heterocycles. The van der Waals surface area contributed by atoms with Gasteiger partial charge < -0.3 is 4.74 Å². The molecule has 0 aliphatic rings. The summed E-state index contributed by atoms with van der Waals surface area (Å²) in [5.74, 6) is 0. The van der Waals surface area contributed by atoms with Crippen LogP contribution in [0, 0.1) is 10.1 Å². The zero-order valence-corrected chi connectivity index (χ0v) is 8.72. The molecule has 0 bridgehead atoms. The summed E-state index contributed by atoms with van der Waals surface area (Å²) in [7, 11) is 0. The fraction of sp³-hybridized carbons (Fsp3) is 0.500. The van der Waals surface area contributed by atoms with Crippen LogP contribution in [0.15, 0.2) is 23.9 Å². The van der Waals surface area contributed by atoms with Crippen molar-refractivity contribution in [3.63, 3.8) is 0 Å². The molecule has 0 aliphatic carbocycles. The second kappa shape index (κ2) is 8.93. The van der Waals surface area contributed by atoms with Crippen molar-refractivity contribution in [3.05, 3.63) is 34.0 Å². The standard InChI is InChI=1S/C10H15NO4/c1-2-3-4-5-6-10(11(13)14)7-8-15-9-12/h3-4,6,9H,2,5,7-8H2,1H3/b4-3-,10-6+. The molecular weight excluding hydrogens is 198 g/mol. The van der Waals surface area contributed by atoms with E-state index in [9.17, 15) is 14.9 Å². The Morgan fingerprint density at radius 1 is 1.47 bits per heavy atom. The quantitative estimate of drug-likeness (QED) is 0.203. The fourth-order valence-electron chi connectivity index (χ4n) is 0.946. The maximum absolute atomic E-state index is 10.5. The van der Waals surface area contributed by atoms with Crippen molar-refractivity contribution in [1.82, 2.24) is 0 Å². The molecule has 0 N–H and O–H groups in total. The zero-order chi connectivity index (χ0) is 11.5. The first-order valence-corrected chi connectivity index (χ1v) is 4.76. The molecule has 84 valence electrons. The van der Waals surface area contributed by atoms with E-state index >= 15 is 0 Å². The number of ether oxygens (including phenoxy) is 1. The zero-order valence-electron chi connectivity index (χ0n) is 8.72. The topological polar surface area (TPSA) is 69.4 Å². The third-order valence-corrected chi connectivity index (χ3v) is 1.67. The monoisotopic (exact) mass is 213 g/mol. The Balaban J connectivity index is 4.07. The van der Waals surface area contributed by atoms with Gasteiger partial charge in [0.25, 0.3) is 6.47 Å². The van der Waals surface area contributed by atoms with Crippen molar-refractivity contribution in [3.8, 4) is 0 Å². The predicted octanol–water partition coefficient (Wildman–Crippen LogP) is 2.07. The van der Waals surface area contributed by atoms with Crippen LogP contribution >= 0.6 is 0 Å². The van der Waals surface area contributed by atoms with Gasteiger partial charge in [-0.05, 0) is 18.9 Å². The number of carbonyl (C=O) groups is 1. The van der Waals surface area contributed by atoms with Crippen molar-refractivity contribution >= 4 is 6.47 Å². The van der Waals surface area contributed by atoms with Crippen molar-refractivity contribution in [1.29, 1.82) is 0 Å². The lowest BCUT2D eigenvalue weighted by Crippen LogP contribution is -2.03. The molecule has 0 radical (unpaired) electrons. The average molecular weight is 213 g/mol. The Kier molecular flexibility index (Phi) is 7.94. The molecule has 0 saturated carbocycles. The molecule has 0 aromatic heterocycles. The summed E-state index contributed by atoms with van der Waals surface area (Å²) in [6.45, 7) is 2.33. The minimum atomic E-state index is -0.450. The average Bonchev–Trinajstić information content (AvgIpc) is 2.21. The number of allylic oxidation sites excluding steroid dienone is 3. The van der Waals surface area contributed by atoms with Crippen molar-refractivity contribution in [2.24, 2.45) is 0 Å². The van der Waals surface area contributed by atoms with Gasteiger partial charge in [-0.3, -0.25) is 14.9 Å². The lowest BCUT2D eigenvalue weighted by Gasteiger charge is -1.97. The predicted molar refractivity (Wildman–Crippen MR) is 55.8 cm³/mol. The lowest BCUT2D eigenvalue weighted by molar-refractivity contribution is -0.428. The number of carbonyl (C=O) groups excluding carboxylic acids is 1. The summed E-state index contributed by atoms with van der Waals surface area (Å²) < 4.78 is 4.40. The van der Waals surface area contributed by atoms with E-state index in [2.05, 4.69) is 4.74 Å². The Hall–Kier alpha value is -1.65. The normalized spacial score (nSPS) is 11.7. The van der Waals surface area contributed by atoms with E-state index < -0.39 is 4.92 Å². The Morgan fingerprint density at radius 2 is 2.20 bits per heavy atom. The van der Waals surface area contributed by atoms with Crippen LogP contribution in [0.4, 0.5) is 0 Å². The molecule has 0 spiro atoms. The number of hydrogen-bond donors (Lipinski definition) is 0. The molecular formula is C10H15NO4. The number of rotatable bonds is 8. The molecule has 0 atom stereocenters. The molecule has 0 aliphatic heterocycles. The van der Waals surface area contributed by atoms with E-state index in [0.717, 1.165) is 6.42 Å². The summed E-state index contributed by atoms with van der Waals surface area (Å²) in [5.41, 5.74) is 0.0811. The molecule has 0 unspecified atom stereocenters. The first-order chi connectivity index (χ1) is 7.22. The van der Waals surface area contributed by atoms with Crippen molar-refractivity contribution in [2.75, 3.05) is 6.61 Å². The summed E-state index contributed by atoms with van der Waals surface area (Å²) >= 11 is 0. The molecule has 0 amide bonds. The van der Waals surface area contributed by atoms with Gasteiger partial charge in [0.15, 0.2) is 0 Å². The highest BCUT2D eigenvalue weighted by atomic mass is 16.6. The van der Waals surface area contributed by atoms with Gasteiger partial charge in [-0.25, -0.2) is 0 Å². The Bertz CT molecular complexity index is 258. The molecule has 0 aromatic carbocycles. The van der Waals surface area contributed by atoms with E-state index in [1.807, 2.05) is 19.1 Å². The minimum Gasteiger partial charge on any atom is -0.467 e. The summed E-state index contributed by atoms with van der Waals surface area (Å²) in [4.78, 5) is 19.9. The highest BCUT2D eigenvalue weighted by Crippen LogP contribution is 2.04. The Morgan fingerprint density at radius 3 is 2.73 bits per heavy atom. The van der Waals surface area contributed by atoms with Gasteiger partial charge in [-0.2, -0.15) is 0 Å². The maximum atomic E-state index is 10.5. The Labute approximate surface area is 88.6 Å². The number of hydrogen-bond acceptors (Lipinski definition) is 4. The number of nitrogens with zero attached hydrogens (tertiary/aromatic N) is 1. The van der Waals surface area contributed by atoms with Crippen LogP contribution in [-0.2, 0) is 9.53 Å². The molecule has 0 fully saturated rings. The summed E-state index contributed by atoms with van der Waals surface area (Å²) in [6, 6.07) is 0. The largest absolute Gasteiger partial charge is 0.467 e. The van der Waals surface area contributed by atoms with Crippen LogP contribution < -0.4 is 0 Å². The smallest absolute Gasteiger partial charge is 0.293 e. The summed E-state index contributed by atoms with van der Waals surface area (Å²) in [5, 5.41) is 10.5. The van der Waals surface area contributed by atoms with Gasteiger partial charge in [0.05, 0.1) is 11.3 Å². The van der Waals surface area contributed by atoms with E-state index in [4.69, 9.17) is 0 Å². The highest BCUT2D eigenvalue weighted by molar-refractivity contribution is 5.36. The SMILES string of the molecule is CC/C=C\C/C=C(\CCOC=O)[N+](=O)[O-]. The van der Waals surface area contributed by atoms with E-state index in [-0.39, 0.29) is 25.2 Å². The lowest BCUT2D eigenvalue weighted by atomic mass is 10.2. The van der Waals surface area contributed by atoms with Crippen molar-refractivity contribution < 1.29 is 14.5 Å². The highest BCUT2D eigenvalue weighted by Gasteiger charge is 2.08. The van der Waals surface area contributed by atoms with Crippen LogP contribution in [0.5, 0.6) is 0 Å². The van der Waals surface area contributed by atoms with Crippen LogP contribution in [0.1, 0.15) is 26.2 Å². The molecule has 5 nitrogen and oxygen atoms in total. The van der Waals surface area contributed by atoms with Crippen LogP contribution in [-0.4, -0.2) is 18.0 Å². The van der Waals surface area contributed by atoms with E-state index in [1.165, 1.54) is 6.08 Å². The third kappa shape index (κ3) is 7.42. The van der Waals surface area contributed by atoms with Crippen LogP contribution in [0.2, 0.25) is 0 Å². The fourth-order valence-corrected chi connectivity index (χ4v) is 0.946. The second-order valence-electron chi connectivity index (χ2n) is 2.78. The van der Waals surface area contributed by atoms with Crippen molar-refractivity contribution in [2.45, 2.75) is 26.2 Å². The first kappa shape index (κ1) is 13.4. The number of nitro groups is 1. The molecule has 15 heavy (non-hydrogen) atoms. The van der Waals surface area contributed by atoms with Crippen LogP contribution in [0.25, 0.3) is 0 Å². The van der Waals surface area contributed by atoms with E-state index in [1.54, 1.807) is 0 Å². The molecule has 0 rings (SSSR count). The first-order valence-electron chi connectivity index (χ1n) is 4.76. The molecule has 0 aromatic rings. The minimum absolute atomic E-state index is 0.0494. The van der Waals surface area contributed by atoms with E-state index in [0.29, 0.717) is 6.42 Å². The van der Waals surface area contributed by atoms with Gasteiger partial charge in [-0.15, -0.1) is 0 Å². The maximum Gasteiger partial charge on any atom is 0.293 e. The van der Waals surface area contributed by atoms with Gasteiger partial charge in [0.2, 0.25) is 5.70 Å². The molecule has 0 heterocycles. The van der Waals surface area contributed by atoms with Gasteiger partial charge in [0, 0.05) is 0 Å². The van der Waals surface area contributed by atoms with Gasteiger partial charge >= 0.3 is 0 Å².